The van der Waals surface area contributed by atoms with Gasteiger partial charge in [-0.15, -0.1) is 11.8 Å². The van der Waals surface area contributed by atoms with Gasteiger partial charge in [0.2, 0.25) is 0 Å². The molecule has 8 heteroatoms. The van der Waals surface area contributed by atoms with Gasteiger partial charge in [0.05, 0.1) is 11.1 Å². The highest BCUT2D eigenvalue weighted by atomic mass is 32.2. The van der Waals surface area contributed by atoms with Crippen LogP contribution in [0, 0.1) is 0 Å². The van der Waals surface area contributed by atoms with Crippen molar-refractivity contribution in [1.82, 2.24) is 4.90 Å². The largest absolute Gasteiger partial charge is 0.478 e. The van der Waals surface area contributed by atoms with Gasteiger partial charge in [-0.1, -0.05) is 32.6 Å². The average Bonchev–Trinajstić information content (AvgIpc) is 3.24. The van der Waals surface area contributed by atoms with E-state index >= 15 is 0 Å². The first kappa shape index (κ1) is 24.1. The second-order valence-electron chi connectivity index (χ2n) is 8.91. The minimum atomic E-state index is -1.19. The van der Waals surface area contributed by atoms with Crippen molar-refractivity contribution in [2.24, 2.45) is 0 Å². The second-order valence-corrected chi connectivity index (χ2v) is 10.1. The summed E-state index contributed by atoms with van der Waals surface area (Å²) in [6, 6.07) is 8.90. The summed E-state index contributed by atoms with van der Waals surface area (Å²) in [5, 5.41) is 12.5. The first-order chi connectivity index (χ1) is 16.4. The van der Waals surface area contributed by atoms with Gasteiger partial charge in [-0.05, 0) is 60.1 Å². The number of thioether (sulfide) groups is 1. The lowest BCUT2D eigenvalue weighted by molar-refractivity contribution is 0.0692. The van der Waals surface area contributed by atoms with E-state index in [1.165, 1.54) is 48.0 Å². The number of nitrogens with zero attached hydrogens (tertiary/aromatic N) is 2. The zero-order chi connectivity index (χ0) is 24.2. The Kier molecular flexibility index (Phi) is 7.46. The van der Waals surface area contributed by atoms with Crippen LogP contribution in [0.4, 0.5) is 16.2 Å². The van der Waals surface area contributed by atoms with E-state index in [9.17, 15) is 19.5 Å². The van der Waals surface area contributed by atoms with Crippen molar-refractivity contribution in [3.8, 4) is 0 Å². The van der Waals surface area contributed by atoms with E-state index in [-0.39, 0.29) is 23.1 Å². The molecule has 0 bridgehead atoms. The van der Waals surface area contributed by atoms with E-state index in [2.05, 4.69) is 24.4 Å². The number of aromatic carboxylic acids is 1. The van der Waals surface area contributed by atoms with Crippen molar-refractivity contribution in [3.05, 3.63) is 52.6 Å². The molecule has 0 unspecified atom stereocenters. The fraction of sp³-hybridized carbons (Fsp3) is 0.423. The molecule has 0 spiro atoms. The van der Waals surface area contributed by atoms with Crippen molar-refractivity contribution in [2.45, 2.75) is 56.9 Å². The molecule has 0 aromatic heterocycles. The Labute approximate surface area is 204 Å². The van der Waals surface area contributed by atoms with E-state index in [0.29, 0.717) is 18.8 Å². The maximum Gasteiger partial charge on any atom is 0.336 e. The van der Waals surface area contributed by atoms with Crippen LogP contribution in [-0.2, 0) is 13.0 Å². The molecule has 2 N–H and O–H groups in total. The maximum absolute atomic E-state index is 13.5. The van der Waals surface area contributed by atoms with Crippen LogP contribution < -0.4 is 10.2 Å². The number of rotatable bonds is 9. The van der Waals surface area contributed by atoms with Crippen LogP contribution in [0.3, 0.4) is 0 Å². The van der Waals surface area contributed by atoms with Crippen molar-refractivity contribution >= 4 is 41.0 Å². The quantitative estimate of drug-likeness (QED) is 0.358. The highest BCUT2D eigenvalue weighted by Crippen LogP contribution is 2.35. The Balaban J connectivity index is 1.51. The highest BCUT2D eigenvalue weighted by molar-refractivity contribution is 7.99. The topological polar surface area (TPSA) is 90.0 Å². The molecule has 4 rings (SSSR count). The van der Waals surface area contributed by atoms with E-state index < -0.39 is 5.97 Å². The average molecular weight is 482 g/mol. The first-order valence-corrected chi connectivity index (χ1v) is 12.9. The number of unbranched alkanes of at least 4 members (excludes halogenated alkanes) is 4. The van der Waals surface area contributed by atoms with Gasteiger partial charge in [0.25, 0.3) is 5.91 Å². The van der Waals surface area contributed by atoms with E-state index in [1.54, 1.807) is 18.0 Å². The van der Waals surface area contributed by atoms with Crippen LogP contribution in [0.2, 0.25) is 0 Å². The molecule has 2 aromatic rings. The zero-order valence-electron chi connectivity index (χ0n) is 19.7. The zero-order valence-corrected chi connectivity index (χ0v) is 20.5. The van der Waals surface area contributed by atoms with Gasteiger partial charge in [0, 0.05) is 36.4 Å². The van der Waals surface area contributed by atoms with Crippen LogP contribution in [-0.4, -0.2) is 47.3 Å². The minimum absolute atomic E-state index is 0.0997. The third-order valence-corrected chi connectivity index (χ3v) is 7.49. The number of amides is 3. The molecule has 2 aliphatic heterocycles. The minimum Gasteiger partial charge on any atom is -0.478 e. The Morgan fingerprint density at radius 1 is 1.06 bits per heavy atom. The highest BCUT2D eigenvalue weighted by Gasteiger charge is 2.31. The Bertz CT molecular complexity index is 1120. The van der Waals surface area contributed by atoms with Gasteiger partial charge in [0.1, 0.15) is 0 Å². The summed E-state index contributed by atoms with van der Waals surface area (Å²) in [6.45, 7) is 3.06. The Morgan fingerprint density at radius 3 is 2.62 bits per heavy atom. The Hall–Kier alpha value is -3.00. The van der Waals surface area contributed by atoms with Crippen LogP contribution in [0.25, 0.3) is 0 Å². The molecular weight excluding hydrogens is 450 g/mol. The standard InChI is InChI=1S/C26H31N3O4S/c1-3-4-5-6-7-12-34-19-8-9-23-17(13-19)10-11-29(23)24(30)20-14-18-16-28(2)26(33)27-22(18)15-21(20)25(31)32/h8-9,13-15H,3-7,10-12,16H2,1-2H3,(H,27,33)(H,31,32). The first-order valence-electron chi connectivity index (χ1n) is 11.9. The molecule has 0 aliphatic carbocycles. The molecule has 2 heterocycles. The number of fused-ring (bicyclic) bond motifs is 2. The smallest absolute Gasteiger partial charge is 0.336 e. The molecule has 2 aromatic carbocycles. The number of anilines is 2. The lowest BCUT2D eigenvalue weighted by Crippen LogP contribution is -2.36. The van der Waals surface area contributed by atoms with Crippen molar-refractivity contribution < 1.29 is 19.5 Å². The third kappa shape index (κ3) is 5.06. The predicted molar refractivity (Wildman–Crippen MR) is 135 cm³/mol. The fourth-order valence-electron chi connectivity index (χ4n) is 4.50. The van der Waals surface area contributed by atoms with Crippen molar-refractivity contribution in [3.63, 3.8) is 0 Å². The summed E-state index contributed by atoms with van der Waals surface area (Å²) < 4.78 is 0. The molecule has 0 fully saturated rings. The molecule has 0 saturated carbocycles. The maximum atomic E-state index is 13.5. The van der Waals surface area contributed by atoms with Gasteiger partial charge in [-0.3, -0.25) is 4.79 Å². The molecule has 0 atom stereocenters. The van der Waals surface area contributed by atoms with Gasteiger partial charge in [-0.25, -0.2) is 9.59 Å². The summed E-state index contributed by atoms with van der Waals surface area (Å²) in [5.74, 6) is -0.424. The molecule has 7 nitrogen and oxygen atoms in total. The monoisotopic (exact) mass is 481 g/mol. The fourth-order valence-corrected chi connectivity index (χ4v) is 5.48. The van der Waals surface area contributed by atoms with Crippen LogP contribution in [0.1, 0.15) is 70.9 Å². The third-order valence-electron chi connectivity index (χ3n) is 6.41. The number of hydrogen-bond acceptors (Lipinski definition) is 4. The van der Waals surface area contributed by atoms with E-state index in [1.807, 2.05) is 17.8 Å². The number of nitrogens with one attached hydrogen (secondary N) is 1. The number of carboxylic acids is 1. The number of carbonyl (C=O) groups is 3. The van der Waals surface area contributed by atoms with Crippen LogP contribution in [0.15, 0.2) is 35.2 Å². The van der Waals surface area contributed by atoms with Crippen LogP contribution in [0.5, 0.6) is 0 Å². The molecule has 0 radical (unpaired) electrons. The number of carbonyl (C=O) groups excluding carboxylic acids is 2. The summed E-state index contributed by atoms with van der Waals surface area (Å²) in [7, 11) is 1.66. The summed E-state index contributed by atoms with van der Waals surface area (Å²) in [4.78, 5) is 41.8. The molecular formula is C26H31N3O4S. The number of urea groups is 1. The van der Waals surface area contributed by atoms with Crippen molar-refractivity contribution in [2.75, 3.05) is 29.6 Å². The van der Waals surface area contributed by atoms with Gasteiger partial charge < -0.3 is 20.2 Å². The summed E-state index contributed by atoms with van der Waals surface area (Å²) in [6.07, 6.45) is 7.06. The number of hydrogen-bond donors (Lipinski definition) is 2. The van der Waals surface area contributed by atoms with Crippen LogP contribution >= 0.6 is 11.8 Å². The van der Waals surface area contributed by atoms with E-state index in [0.717, 1.165) is 29.0 Å². The molecule has 2 aliphatic rings. The van der Waals surface area contributed by atoms with E-state index in [4.69, 9.17) is 0 Å². The molecule has 180 valence electrons. The molecule has 3 amide bonds. The van der Waals surface area contributed by atoms with Crippen molar-refractivity contribution in [1.29, 1.82) is 0 Å². The van der Waals surface area contributed by atoms with Gasteiger partial charge in [0.15, 0.2) is 0 Å². The summed E-state index contributed by atoms with van der Waals surface area (Å²) >= 11 is 1.85. The Morgan fingerprint density at radius 2 is 1.85 bits per heavy atom. The second kappa shape index (κ2) is 10.5. The molecule has 34 heavy (non-hydrogen) atoms. The van der Waals surface area contributed by atoms with Gasteiger partial charge in [-0.2, -0.15) is 0 Å². The summed E-state index contributed by atoms with van der Waals surface area (Å²) in [5.41, 5.74) is 3.17. The normalized spacial score (nSPS) is 14.6. The lowest BCUT2D eigenvalue weighted by Gasteiger charge is -2.27. The SMILES string of the molecule is CCCCCCCSc1ccc2c(c1)CCN2C(=O)c1cc2c(cc1C(=O)O)NC(=O)N(C)C2. The number of benzene rings is 2. The lowest BCUT2D eigenvalue weighted by atomic mass is 9.99. The predicted octanol–water partition coefficient (Wildman–Crippen LogP) is 5.63. The number of carboxylic acid groups (broad SMARTS) is 1. The van der Waals surface area contributed by atoms with Gasteiger partial charge >= 0.3 is 12.0 Å². The molecule has 0 saturated heterocycles.